The number of pyridine rings is 1. The molecule has 1 heterocycles. The first-order valence-electron chi connectivity index (χ1n) is 9.36. The van der Waals surface area contributed by atoms with E-state index in [2.05, 4.69) is 31.1 Å². The molecule has 1 aromatic carbocycles. The van der Waals surface area contributed by atoms with Gasteiger partial charge in [0, 0.05) is 11.9 Å². The fraction of sp³-hybridized carbons (Fsp3) is 0.524. The average Bonchev–Trinajstić information content (AvgIpc) is 2.57. The van der Waals surface area contributed by atoms with Crippen LogP contribution >= 0.6 is 0 Å². The van der Waals surface area contributed by atoms with Crippen LogP contribution in [0, 0.1) is 12.3 Å². The number of amides is 1. The van der Waals surface area contributed by atoms with Crippen molar-refractivity contribution in [2.24, 2.45) is 5.41 Å². The van der Waals surface area contributed by atoms with E-state index in [0.29, 0.717) is 17.5 Å². The van der Waals surface area contributed by atoms with Crippen molar-refractivity contribution in [1.29, 1.82) is 0 Å². The van der Waals surface area contributed by atoms with Gasteiger partial charge in [-0.2, -0.15) is 13.2 Å². The van der Waals surface area contributed by atoms with Gasteiger partial charge in [0.25, 0.3) is 5.91 Å². The van der Waals surface area contributed by atoms with Gasteiger partial charge in [-0.15, -0.1) is 0 Å². The summed E-state index contributed by atoms with van der Waals surface area (Å²) < 4.78 is 44.5. The van der Waals surface area contributed by atoms with Crippen molar-refractivity contribution in [3.8, 4) is 5.88 Å². The summed E-state index contributed by atoms with van der Waals surface area (Å²) in [6.07, 6.45) is -2.67. The molecule has 2 aromatic rings. The van der Waals surface area contributed by atoms with Crippen LogP contribution in [0.4, 0.5) is 13.2 Å². The van der Waals surface area contributed by atoms with Gasteiger partial charge in [-0.3, -0.25) is 4.79 Å². The second-order valence-corrected chi connectivity index (χ2v) is 8.00. The first kappa shape index (κ1) is 22.0. The highest BCUT2D eigenvalue weighted by molar-refractivity contribution is 6.02. The molecule has 0 unspecified atom stereocenters. The topological polar surface area (TPSA) is 51.2 Å². The van der Waals surface area contributed by atoms with Gasteiger partial charge < -0.3 is 10.1 Å². The van der Waals surface area contributed by atoms with Gasteiger partial charge in [-0.1, -0.05) is 26.8 Å². The summed E-state index contributed by atoms with van der Waals surface area (Å²) in [5, 5.41) is 3.37. The van der Waals surface area contributed by atoms with Crippen molar-refractivity contribution in [1.82, 2.24) is 10.3 Å². The Bertz CT molecular complexity index is 855. The molecule has 0 atom stereocenters. The summed E-state index contributed by atoms with van der Waals surface area (Å²) in [4.78, 5) is 16.9. The molecular weight excluding hydrogens is 369 g/mol. The third-order valence-electron chi connectivity index (χ3n) is 4.44. The monoisotopic (exact) mass is 396 g/mol. The SMILES string of the molecule is CCOc1nc2cc(C(F)(F)F)ccc2c(C)c1C(=O)NCCCC(C)(C)C. The Kier molecular flexibility index (Phi) is 6.57. The fourth-order valence-electron chi connectivity index (χ4n) is 3.00. The maximum Gasteiger partial charge on any atom is 0.416 e. The van der Waals surface area contributed by atoms with E-state index in [-0.39, 0.29) is 34.9 Å². The average molecular weight is 396 g/mol. The molecule has 1 N–H and O–H groups in total. The van der Waals surface area contributed by atoms with Gasteiger partial charge in [0.1, 0.15) is 5.56 Å². The summed E-state index contributed by atoms with van der Waals surface area (Å²) in [6.45, 7) is 10.6. The molecule has 0 saturated carbocycles. The number of carbonyl (C=O) groups is 1. The molecule has 0 fully saturated rings. The van der Waals surface area contributed by atoms with Crippen molar-refractivity contribution >= 4 is 16.8 Å². The van der Waals surface area contributed by atoms with Crippen LogP contribution in [0.3, 0.4) is 0 Å². The highest BCUT2D eigenvalue weighted by Crippen LogP contribution is 2.34. The van der Waals surface area contributed by atoms with E-state index in [1.807, 2.05) is 0 Å². The van der Waals surface area contributed by atoms with E-state index in [0.717, 1.165) is 25.0 Å². The van der Waals surface area contributed by atoms with E-state index in [1.165, 1.54) is 6.07 Å². The molecular formula is C21H27F3N2O2. The van der Waals surface area contributed by atoms with E-state index < -0.39 is 11.7 Å². The third-order valence-corrected chi connectivity index (χ3v) is 4.44. The number of nitrogens with zero attached hydrogens (tertiary/aromatic N) is 1. The van der Waals surface area contributed by atoms with Crippen LogP contribution < -0.4 is 10.1 Å². The van der Waals surface area contributed by atoms with Gasteiger partial charge in [0.2, 0.25) is 5.88 Å². The quantitative estimate of drug-likeness (QED) is 0.655. The zero-order valence-corrected chi connectivity index (χ0v) is 17.0. The van der Waals surface area contributed by atoms with Gasteiger partial charge in [-0.05, 0) is 49.8 Å². The number of fused-ring (bicyclic) bond motifs is 1. The van der Waals surface area contributed by atoms with Gasteiger partial charge in [-0.25, -0.2) is 4.98 Å². The van der Waals surface area contributed by atoms with Gasteiger partial charge >= 0.3 is 6.18 Å². The van der Waals surface area contributed by atoms with Crippen molar-refractivity contribution in [2.75, 3.05) is 13.2 Å². The first-order chi connectivity index (χ1) is 12.9. The molecule has 1 amide bonds. The molecule has 154 valence electrons. The van der Waals surface area contributed by atoms with Crippen LogP contribution in [0.5, 0.6) is 5.88 Å². The first-order valence-corrected chi connectivity index (χ1v) is 9.36. The number of aryl methyl sites for hydroxylation is 1. The number of carbonyl (C=O) groups excluding carboxylic acids is 1. The summed E-state index contributed by atoms with van der Waals surface area (Å²) >= 11 is 0. The number of ether oxygens (including phenoxy) is 1. The maximum absolute atomic E-state index is 13.0. The molecule has 0 radical (unpaired) electrons. The summed E-state index contributed by atoms with van der Waals surface area (Å²) in [7, 11) is 0. The summed E-state index contributed by atoms with van der Waals surface area (Å²) in [5.74, 6) is -0.274. The zero-order valence-electron chi connectivity index (χ0n) is 17.0. The Morgan fingerprint density at radius 3 is 2.46 bits per heavy atom. The summed E-state index contributed by atoms with van der Waals surface area (Å²) in [5.41, 5.74) is 0.367. The predicted molar refractivity (Wildman–Crippen MR) is 104 cm³/mol. The van der Waals surface area contributed by atoms with Gasteiger partial charge in [0.05, 0.1) is 17.7 Å². The lowest BCUT2D eigenvalue weighted by atomic mass is 9.90. The van der Waals surface area contributed by atoms with Crippen LogP contribution in [0.15, 0.2) is 18.2 Å². The molecule has 0 spiro atoms. The normalized spacial score (nSPS) is 12.3. The molecule has 7 heteroatoms. The lowest BCUT2D eigenvalue weighted by Crippen LogP contribution is -2.27. The second-order valence-electron chi connectivity index (χ2n) is 8.00. The van der Waals surface area contributed by atoms with Crippen molar-refractivity contribution in [2.45, 2.75) is 53.6 Å². The van der Waals surface area contributed by atoms with E-state index >= 15 is 0 Å². The molecule has 28 heavy (non-hydrogen) atoms. The molecule has 2 rings (SSSR count). The molecule has 4 nitrogen and oxygen atoms in total. The predicted octanol–water partition coefficient (Wildman–Crippen LogP) is 5.52. The molecule has 0 bridgehead atoms. The van der Waals surface area contributed by atoms with Gasteiger partial charge in [0.15, 0.2) is 0 Å². The Labute approximate surface area is 163 Å². The lowest BCUT2D eigenvalue weighted by Gasteiger charge is -2.18. The van der Waals surface area contributed by atoms with Crippen LogP contribution in [-0.4, -0.2) is 24.0 Å². The van der Waals surface area contributed by atoms with Crippen LogP contribution in [0.1, 0.15) is 62.0 Å². The maximum atomic E-state index is 13.0. The standard InChI is InChI=1S/C21H27F3N2O2/c1-6-28-19-17(18(27)25-11-7-10-20(3,4)5)13(2)15-9-8-14(21(22,23)24)12-16(15)26-19/h8-9,12H,6-7,10-11H2,1-5H3,(H,25,27). The van der Waals surface area contributed by atoms with Crippen molar-refractivity contribution < 1.29 is 22.7 Å². The van der Waals surface area contributed by atoms with Crippen molar-refractivity contribution in [3.63, 3.8) is 0 Å². The lowest BCUT2D eigenvalue weighted by molar-refractivity contribution is -0.137. The van der Waals surface area contributed by atoms with Crippen LogP contribution in [0.2, 0.25) is 0 Å². The third kappa shape index (κ3) is 5.36. The number of aromatic nitrogens is 1. The molecule has 1 aromatic heterocycles. The number of hydrogen-bond donors (Lipinski definition) is 1. The number of benzene rings is 1. The van der Waals surface area contributed by atoms with Crippen LogP contribution in [-0.2, 0) is 6.18 Å². The summed E-state index contributed by atoms with van der Waals surface area (Å²) in [6, 6.07) is 3.34. The molecule has 0 aliphatic carbocycles. The zero-order chi connectivity index (χ0) is 21.1. The molecule has 0 aliphatic heterocycles. The second kappa shape index (κ2) is 8.37. The highest BCUT2D eigenvalue weighted by Gasteiger charge is 2.31. The minimum atomic E-state index is -4.46. The number of halogens is 3. The number of rotatable bonds is 6. The van der Waals surface area contributed by atoms with E-state index in [1.54, 1.807) is 13.8 Å². The largest absolute Gasteiger partial charge is 0.477 e. The smallest absolute Gasteiger partial charge is 0.416 e. The van der Waals surface area contributed by atoms with Crippen molar-refractivity contribution in [3.05, 3.63) is 34.9 Å². The minimum absolute atomic E-state index is 0.0557. The Hall–Kier alpha value is -2.31. The Morgan fingerprint density at radius 2 is 1.89 bits per heavy atom. The number of alkyl halides is 3. The number of nitrogens with one attached hydrogen (secondary N) is 1. The van der Waals surface area contributed by atoms with E-state index in [9.17, 15) is 18.0 Å². The Balaban J connectivity index is 2.37. The highest BCUT2D eigenvalue weighted by atomic mass is 19.4. The molecule has 0 aliphatic rings. The minimum Gasteiger partial charge on any atom is -0.477 e. The Morgan fingerprint density at radius 1 is 1.21 bits per heavy atom. The van der Waals surface area contributed by atoms with E-state index in [4.69, 9.17) is 4.74 Å². The fourth-order valence-corrected chi connectivity index (χ4v) is 3.00. The van der Waals surface area contributed by atoms with Crippen LogP contribution in [0.25, 0.3) is 10.9 Å². The molecule has 0 saturated heterocycles. The number of hydrogen-bond acceptors (Lipinski definition) is 3.